The lowest BCUT2D eigenvalue weighted by Crippen LogP contribution is -2.60. The Labute approximate surface area is 269 Å². The van der Waals surface area contributed by atoms with Crippen LogP contribution in [-0.4, -0.2) is 79.2 Å². The number of ether oxygens (including phenoxy) is 2. The van der Waals surface area contributed by atoms with E-state index in [1.165, 1.54) is 13.8 Å². The fraction of sp³-hybridized carbons (Fsp3) is 0.531. The molecule has 0 saturated carbocycles. The van der Waals surface area contributed by atoms with E-state index >= 15 is 0 Å². The van der Waals surface area contributed by atoms with Gasteiger partial charge in [-0.3, -0.25) is 29.4 Å². The lowest BCUT2D eigenvalue weighted by atomic mass is 9.87. The molecule has 0 heterocycles. The van der Waals surface area contributed by atoms with Gasteiger partial charge in [-0.2, -0.15) is 0 Å². The Morgan fingerprint density at radius 3 is 2.28 bits per heavy atom. The van der Waals surface area contributed by atoms with Crippen molar-refractivity contribution in [2.75, 3.05) is 25.1 Å². The van der Waals surface area contributed by atoms with Crippen LogP contribution in [0.5, 0.6) is 0 Å². The largest absolute Gasteiger partial charge is 0.463 e. The van der Waals surface area contributed by atoms with Crippen LogP contribution in [-0.2, 0) is 44.7 Å². The number of hydrogen-bond acceptors (Lipinski definition) is 9. The van der Waals surface area contributed by atoms with Crippen LogP contribution in [0, 0.1) is 5.41 Å². The summed E-state index contributed by atoms with van der Waals surface area (Å²) in [5.74, 6) is -1.82. The van der Waals surface area contributed by atoms with Crippen LogP contribution in [0.2, 0.25) is 0 Å². The van der Waals surface area contributed by atoms with Crippen molar-refractivity contribution in [3.8, 4) is 0 Å². The average Bonchev–Trinajstić information content (AvgIpc) is 2.97. The van der Waals surface area contributed by atoms with Crippen molar-refractivity contribution in [2.45, 2.75) is 90.3 Å². The molecule has 0 bridgehead atoms. The van der Waals surface area contributed by atoms with Gasteiger partial charge in [0, 0.05) is 57.0 Å². The number of ketones is 2. The third kappa shape index (κ3) is 14.5. The van der Waals surface area contributed by atoms with Gasteiger partial charge in [-0.1, -0.05) is 12.1 Å². The number of nitrogens with one attached hydrogen (secondary N) is 5. The third-order valence-electron chi connectivity index (χ3n) is 6.98. The maximum absolute atomic E-state index is 12.4. The lowest BCUT2D eigenvalue weighted by Gasteiger charge is -2.37. The second-order valence-electron chi connectivity index (χ2n) is 11.1. The number of amides is 3. The molecule has 1 aromatic rings. The highest BCUT2D eigenvalue weighted by molar-refractivity contribution is 5.98. The Morgan fingerprint density at radius 1 is 0.957 bits per heavy atom. The van der Waals surface area contributed by atoms with E-state index in [9.17, 15) is 28.8 Å². The van der Waals surface area contributed by atoms with Crippen LogP contribution >= 0.6 is 0 Å². The van der Waals surface area contributed by atoms with Crippen LogP contribution < -0.4 is 27.0 Å². The summed E-state index contributed by atoms with van der Waals surface area (Å²) in [6, 6.07) is 5.95. The van der Waals surface area contributed by atoms with Gasteiger partial charge >= 0.3 is 5.97 Å². The van der Waals surface area contributed by atoms with Crippen LogP contribution in [0.15, 0.2) is 35.9 Å². The Morgan fingerprint density at radius 2 is 1.65 bits per heavy atom. The maximum Gasteiger partial charge on any atom is 0.333 e. The average molecular weight is 643 g/mol. The van der Waals surface area contributed by atoms with E-state index in [1.807, 2.05) is 12.1 Å². The minimum absolute atomic E-state index is 0.0523. The van der Waals surface area contributed by atoms with Crippen molar-refractivity contribution in [1.82, 2.24) is 16.0 Å². The molecule has 14 nitrogen and oxygen atoms in total. The fourth-order valence-electron chi connectivity index (χ4n) is 4.89. The zero-order valence-electron chi connectivity index (χ0n) is 26.7. The van der Waals surface area contributed by atoms with Gasteiger partial charge in [0.1, 0.15) is 11.6 Å². The first-order valence-electron chi connectivity index (χ1n) is 15.4. The van der Waals surface area contributed by atoms with Gasteiger partial charge < -0.3 is 36.5 Å². The van der Waals surface area contributed by atoms with Crippen molar-refractivity contribution in [3.05, 3.63) is 41.5 Å². The summed E-state index contributed by atoms with van der Waals surface area (Å²) in [6.45, 7) is 5.15. The second kappa shape index (κ2) is 19.7. The summed E-state index contributed by atoms with van der Waals surface area (Å²) in [5.41, 5.74) is 7.41. The Hall–Kier alpha value is -4.59. The van der Waals surface area contributed by atoms with Crippen molar-refractivity contribution in [1.29, 1.82) is 5.41 Å². The number of hydrogen-bond donors (Lipinski definition) is 6. The number of anilines is 1. The molecular weight excluding hydrogens is 596 g/mol. The molecule has 3 atom stereocenters. The molecule has 1 aromatic carbocycles. The molecule has 1 aliphatic carbocycles. The zero-order chi connectivity index (χ0) is 34.1. The number of aryl methyl sites for hydroxylation is 1. The van der Waals surface area contributed by atoms with Crippen LogP contribution in [0.4, 0.5) is 5.69 Å². The molecule has 0 unspecified atom stereocenters. The van der Waals surface area contributed by atoms with Gasteiger partial charge in [0.25, 0.3) is 0 Å². The Balaban J connectivity index is 1.73. The molecule has 0 aromatic heterocycles. The number of nitrogens with two attached hydrogens (primary N) is 1. The number of Topliss-reactive ketones (excluding diaryl/α,β-unsaturated/α-hetero) is 2. The zero-order valence-corrected chi connectivity index (χ0v) is 26.7. The Bertz CT molecular complexity index is 1280. The van der Waals surface area contributed by atoms with E-state index in [-0.39, 0.29) is 80.6 Å². The van der Waals surface area contributed by atoms with Gasteiger partial charge in [0.05, 0.1) is 31.2 Å². The SMILES string of the molecule is CCOC(=O)C1=C[C@@H](OCCCNC(=O)CCCC(=O)Nc2ccc(CCC(=O)CC(C)=O)cc2)[C@H](NC(C)=O)[C@@H](NC(=N)N)C1. The molecule has 0 fully saturated rings. The molecule has 46 heavy (non-hydrogen) atoms. The monoisotopic (exact) mass is 642 g/mol. The first-order valence-corrected chi connectivity index (χ1v) is 15.4. The molecule has 14 heteroatoms. The number of esters is 1. The number of guanidine groups is 1. The van der Waals surface area contributed by atoms with E-state index in [0.29, 0.717) is 37.1 Å². The normalized spacial score (nSPS) is 17.2. The highest BCUT2D eigenvalue weighted by Crippen LogP contribution is 2.23. The second-order valence-corrected chi connectivity index (χ2v) is 11.1. The first-order chi connectivity index (χ1) is 21.9. The van der Waals surface area contributed by atoms with E-state index in [0.717, 1.165) is 5.56 Å². The highest BCUT2D eigenvalue weighted by Gasteiger charge is 2.37. The minimum Gasteiger partial charge on any atom is -0.463 e. The van der Waals surface area contributed by atoms with Crippen molar-refractivity contribution in [3.63, 3.8) is 0 Å². The predicted octanol–water partition coefficient (Wildman–Crippen LogP) is 1.42. The summed E-state index contributed by atoms with van der Waals surface area (Å²) >= 11 is 0. The topological polar surface area (TPSA) is 219 Å². The molecule has 0 spiro atoms. The summed E-state index contributed by atoms with van der Waals surface area (Å²) < 4.78 is 11.1. The quantitative estimate of drug-likeness (QED) is 0.0419. The number of benzene rings is 1. The van der Waals surface area contributed by atoms with Crippen molar-refractivity contribution in [2.24, 2.45) is 5.73 Å². The molecular formula is C32H46N6O8. The van der Waals surface area contributed by atoms with Gasteiger partial charge in [-0.15, -0.1) is 0 Å². The first kappa shape index (κ1) is 37.6. The molecule has 3 amide bonds. The molecule has 7 N–H and O–H groups in total. The minimum atomic E-state index is -0.707. The van der Waals surface area contributed by atoms with E-state index in [1.54, 1.807) is 25.1 Å². The van der Waals surface area contributed by atoms with Crippen LogP contribution in [0.1, 0.15) is 71.3 Å². The maximum atomic E-state index is 12.4. The molecule has 0 radical (unpaired) electrons. The highest BCUT2D eigenvalue weighted by atomic mass is 16.5. The molecule has 1 aliphatic rings. The summed E-state index contributed by atoms with van der Waals surface area (Å²) in [6.07, 6.45) is 2.97. The summed E-state index contributed by atoms with van der Waals surface area (Å²) in [7, 11) is 0. The fourth-order valence-corrected chi connectivity index (χ4v) is 4.89. The van der Waals surface area contributed by atoms with Gasteiger partial charge in [0.2, 0.25) is 17.7 Å². The third-order valence-corrected chi connectivity index (χ3v) is 6.98. The lowest BCUT2D eigenvalue weighted by molar-refractivity contribution is -0.139. The molecule has 0 saturated heterocycles. The summed E-state index contributed by atoms with van der Waals surface area (Å²) in [5, 5.41) is 18.8. The number of carbonyl (C=O) groups excluding carboxylic acids is 6. The molecule has 252 valence electrons. The standard InChI is InChI=1S/C32H46N6O8/c1-4-45-31(44)23-18-26(38-32(33)34)30(36-21(3)40)27(19-23)46-16-6-15-35-28(42)7-5-8-29(43)37-24-12-9-22(10-13-24)11-14-25(41)17-20(2)39/h9-10,12-13,19,26-27,30H,4-8,11,14-18H2,1-3H3,(H,35,42)(H,36,40)(H,37,43)(H4,33,34,38)/t26-,27+,30+/m0/s1. The molecule has 2 rings (SSSR count). The summed E-state index contributed by atoms with van der Waals surface area (Å²) in [4.78, 5) is 71.6. The number of carbonyl (C=O) groups is 6. The van der Waals surface area contributed by atoms with E-state index < -0.39 is 24.2 Å². The van der Waals surface area contributed by atoms with Crippen molar-refractivity contribution < 1.29 is 38.2 Å². The van der Waals surface area contributed by atoms with E-state index in [2.05, 4.69) is 21.3 Å². The van der Waals surface area contributed by atoms with Crippen LogP contribution in [0.25, 0.3) is 0 Å². The number of rotatable bonds is 19. The van der Waals surface area contributed by atoms with Gasteiger partial charge in [-0.05, 0) is 56.9 Å². The molecule has 0 aliphatic heterocycles. The Kier molecular flexibility index (Phi) is 16.1. The van der Waals surface area contributed by atoms with Crippen molar-refractivity contribution >= 4 is 46.9 Å². The van der Waals surface area contributed by atoms with E-state index in [4.69, 9.17) is 20.6 Å². The predicted molar refractivity (Wildman–Crippen MR) is 171 cm³/mol. The van der Waals surface area contributed by atoms with Gasteiger partial charge in [0.15, 0.2) is 5.96 Å². The smallest absolute Gasteiger partial charge is 0.333 e. The van der Waals surface area contributed by atoms with Crippen LogP contribution in [0.3, 0.4) is 0 Å². The van der Waals surface area contributed by atoms with Gasteiger partial charge in [-0.25, -0.2) is 4.79 Å².